The van der Waals surface area contributed by atoms with E-state index < -0.39 is 0 Å². The van der Waals surface area contributed by atoms with E-state index in [2.05, 4.69) is 0 Å². The van der Waals surface area contributed by atoms with Crippen LogP contribution in [0.1, 0.15) is 18.9 Å². The zero-order valence-electron chi connectivity index (χ0n) is 9.53. The molecule has 0 atom stereocenters. The zero-order valence-corrected chi connectivity index (χ0v) is 9.53. The van der Waals surface area contributed by atoms with Gasteiger partial charge in [0.2, 0.25) is 5.90 Å². The minimum atomic E-state index is 0.191. The van der Waals surface area contributed by atoms with Crippen LogP contribution in [-0.2, 0) is 4.74 Å². The summed E-state index contributed by atoms with van der Waals surface area (Å²) in [5.74, 6) is 0.984. The lowest BCUT2D eigenvalue weighted by molar-refractivity contribution is 0.313. The van der Waals surface area contributed by atoms with Gasteiger partial charge in [-0.15, -0.1) is 0 Å². The summed E-state index contributed by atoms with van der Waals surface area (Å²) in [6.07, 6.45) is 0.844. The van der Waals surface area contributed by atoms with E-state index in [9.17, 15) is 0 Å². The van der Waals surface area contributed by atoms with Crippen LogP contribution in [0, 0.1) is 5.41 Å². The van der Waals surface area contributed by atoms with E-state index in [4.69, 9.17) is 20.6 Å². The van der Waals surface area contributed by atoms with Crippen LogP contribution in [0.4, 0.5) is 0 Å². The molecule has 0 saturated carbocycles. The fourth-order valence-electron chi connectivity index (χ4n) is 1.20. The van der Waals surface area contributed by atoms with E-state index in [1.807, 2.05) is 31.2 Å². The van der Waals surface area contributed by atoms with Crippen molar-refractivity contribution in [3.05, 3.63) is 29.8 Å². The minimum absolute atomic E-state index is 0.191. The van der Waals surface area contributed by atoms with Crippen LogP contribution >= 0.6 is 0 Å². The highest BCUT2D eigenvalue weighted by Crippen LogP contribution is 2.13. The van der Waals surface area contributed by atoms with Crippen molar-refractivity contribution < 1.29 is 9.47 Å². The van der Waals surface area contributed by atoms with Gasteiger partial charge < -0.3 is 15.2 Å². The highest BCUT2D eigenvalue weighted by molar-refractivity contribution is 5.91. The van der Waals surface area contributed by atoms with Crippen LogP contribution in [0.2, 0.25) is 0 Å². The first-order valence-corrected chi connectivity index (χ1v) is 5.42. The highest BCUT2D eigenvalue weighted by atomic mass is 16.5. The Hall–Kier alpha value is -1.55. The van der Waals surface area contributed by atoms with Gasteiger partial charge in [0.15, 0.2) is 0 Å². The Kier molecular flexibility index (Phi) is 5.36. The molecule has 0 heterocycles. The third-order valence-corrected chi connectivity index (χ3v) is 2.02. The van der Waals surface area contributed by atoms with Gasteiger partial charge in [0, 0.05) is 5.56 Å². The molecular weight excluding hydrogens is 204 g/mol. The second-order valence-electron chi connectivity index (χ2n) is 3.28. The van der Waals surface area contributed by atoms with E-state index in [1.54, 1.807) is 0 Å². The van der Waals surface area contributed by atoms with Gasteiger partial charge in [-0.1, -0.05) is 0 Å². The van der Waals surface area contributed by atoms with E-state index >= 15 is 0 Å². The third-order valence-electron chi connectivity index (χ3n) is 2.02. The van der Waals surface area contributed by atoms with Gasteiger partial charge in [0.25, 0.3) is 0 Å². The SMILES string of the molecule is CCOC(=N)c1ccc(OCCCN)cc1. The summed E-state index contributed by atoms with van der Waals surface area (Å²) < 4.78 is 10.5. The van der Waals surface area contributed by atoms with Crippen LogP contribution in [0.25, 0.3) is 0 Å². The molecule has 1 aromatic rings. The van der Waals surface area contributed by atoms with Crippen molar-refractivity contribution in [3.63, 3.8) is 0 Å². The molecule has 88 valence electrons. The second-order valence-corrected chi connectivity index (χ2v) is 3.28. The maximum absolute atomic E-state index is 7.59. The van der Waals surface area contributed by atoms with Crippen LogP contribution in [0.5, 0.6) is 5.75 Å². The van der Waals surface area contributed by atoms with E-state index in [1.165, 1.54) is 0 Å². The summed E-state index contributed by atoms with van der Waals surface area (Å²) in [5, 5.41) is 7.59. The van der Waals surface area contributed by atoms with Crippen molar-refractivity contribution in [2.24, 2.45) is 5.73 Å². The Balaban J connectivity index is 2.50. The molecule has 0 bridgehead atoms. The topological polar surface area (TPSA) is 68.3 Å². The average molecular weight is 222 g/mol. The van der Waals surface area contributed by atoms with Gasteiger partial charge in [0.1, 0.15) is 5.75 Å². The summed E-state index contributed by atoms with van der Waals surface area (Å²) in [5.41, 5.74) is 6.12. The molecule has 4 nitrogen and oxygen atoms in total. The predicted molar refractivity (Wildman–Crippen MR) is 64.1 cm³/mol. The Morgan fingerprint density at radius 1 is 1.31 bits per heavy atom. The fraction of sp³-hybridized carbons (Fsp3) is 0.417. The summed E-state index contributed by atoms with van der Waals surface area (Å²) in [6, 6.07) is 7.30. The largest absolute Gasteiger partial charge is 0.494 e. The maximum atomic E-state index is 7.59. The monoisotopic (exact) mass is 222 g/mol. The molecule has 1 rings (SSSR count). The first-order valence-electron chi connectivity index (χ1n) is 5.42. The van der Waals surface area contributed by atoms with Crippen molar-refractivity contribution >= 4 is 5.90 Å². The Bertz CT molecular complexity index is 322. The van der Waals surface area contributed by atoms with Crippen molar-refractivity contribution in [1.29, 1.82) is 5.41 Å². The summed E-state index contributed by atoms with van der Waals surface area (Å²) >= 11 is 0. The lowest BCUT2D eigenvalue weighted by atomic mass is 10.2. The van der Waals surface area contributed by atoms with Crippen molar-refractivity contribution in [3.8, 4) is 5.75 Å². The molecule has 0 amide bonds. The first-order chi connectivity index (χ1) is 7.77. The molecule has 0 aromatic heterocycles. The standard InChI is InChI=1S/C12H18N2O2/c1-2-15-12(14)10-4-6-11(7-5-10)16-9-3-8-13/h4-7,14H,2-3,8-9,13H2,1H3. The molecule has 4 heteroatoms. The fourth-order valence-corrected chi connectivity index (χ4v) is 1.20. The molecule has 0 aliphatic heterocycles. The molecular formula is C12H18N2O2. The van der Waals surface area contributed by atoms with Crippen LogP contribution in [-0.4, -0.2) is 25.7 Å². The molecule has 3 N–H and O–H groups in total. The predicted octanol–water partition coefficient (Wildman–Crippen LogP) is 1.78. The second kappa shape index (κ2) is 6.85. The van der Waals surface area contributed by atoms with Crippen molar-refractivity contribution in [1.82, 2.24) is 0 Å². The van der Waals surface area contributed by atoms with Crippen LogP contribution in [0.15, 0.2) is 24.3 Å². The number of nitrogens with two attached hydrogens (primary N) is 1. The molecule has 0 aliphatic carbocycles. The molecule has 0 unspecified atom stereocenters. The number of hydrogen-bond acceptors (Lipinski definition) is 4. The molecule has 0 fully saturated rings. The molecule has 1 aromatic carbocycles. The maximum Gasteiger partial charge on any atom is 0.213 e. The number of benzene rings is 1. The van der Waals surface area contributed by atoms with E-state index in [0.717, 1.165) is 17.7 Å². The normalized spacial score (nSPS) is 9.88. The summed E-state index contributed by atoms with van der Waals surface area (Å²) in [6.45, 7) is 3.62. The third kappa shape index (κ3) is 3.90. The first kappa shape index (κ1) is 12.5. The Labute approximate surface area is 95.9 Å². The highest BCUT2D eigenvalue weighted by Gasteiger charge is 2.01. The number of hydrogen-bond donors (Lipinski definition) is 2. The molecule has 0 spiro atoms. The number of ether oxygens (including phenoxy) is 2. The molecule has 0 radical (unpaired) electrons. The van der Waals surface area contributed by atoms with Gasteiger partial charge >= 0.3 is 0 Å². The average Bonchev–Trinajstić information content (AvgIpc) is 2.30. The lowest BCUT2D eigenvalue weighted by Crippen LogP contribution is -2.07. The molecule has 16 heavy (non-hydrogen) atoms. The van der Waals surface area contributed by atoms with Crippen LogP contribution in [0.3, 0.4) is 0 Å². The van der Waals surface area contributed by atoms with Crippen molar-refractivity contribution in [2.45, 2.75) is 13.3 Å². The van der Waals surface area contributed by atoms with Gasteiger partial charge in [-0.3, -0.25) is 5.41 Å². The number of nitrogens with one attached hydrogen (secondary N) is 1. The zero-order chi connectivity index (χ0) is 11.8. The number of rotatable bonds is 6. The van der Waals surface area contributed by atoms with Gasteiger partial charge in [-0.05, 0) is 44.2 Å². The Morgan fingerprint density at radius 3 is 2.56 bits per heavy atom. The van der Waals surface area contributed by atoms with E-state index in [-0.39, 0.29) is 5.90 Å². The smallest absolute Gasteiger partial charge is 0.213 e. The molecule has 0 aliphatic rings. The van der Waals surface area contributed by atoms with Crippen molar-refractivity contribution in [2.75, 3.05) is 19.8 Å². The lowest BCUT2D eigenvalue weighted by Gasteiger charge is -2.07. The van der Waals surface area contributed by atoms with Gasteiger partial charge in [-0.25, -0.2) is 0 Å². The summed E-state index contributed by atoms with van der Waals surface area (Å²) in [4.78, 5) is 0. The summed E-state index contributed by atoms with van der Waals surface area (Å²) in [7, 11) is 0. The Morgan fingerprint density at radius 2 is 2.00 bits per heavy atom. The van der Waals surface area contributed by atoms with Gasteiger partial charge in [-0.2, -0.15) is 0 Å². The van der Waals surface area contributed by atoms with Gasteiger partial charge in [0.05, 0.1) is 13.2 Å². The molecule has 0 saturated heterocycles. The quantitative estimate of drug-likeness (QED) is 0.438. The van der Waals surface area contributed by atoms with E-state index in [0.29, 0.717) is 19.8 Å². The van der Waals surface area contributed by atoms with Crippen LogP contribution < -0.4 is 10.5 Å². The minimum Gasteiger partial charge on any atom is -0.494 e.